The largest absolute Gasteiger partial charge is 0.460 e. The van der Waals surface area contributed by atoms with Crippen molar-refractivity contribution in [2.45, 2.75) is 19.4 Å². The van der Waals surface area contributed by atoms with E-state index in [0.29, 0.717) is 0 Å². The van der Waals surface area contributed by atoms with E-state index < -0.39 is 5.82 Å². The Bertz CT molecular complexity index is 413. The van der Waals surface area contributed by atoms with Crippen LogP contribution in [0.4, 0.5) is 4.39 Å². The standard InChI is InChI=1S/C13H15ClFNO2/c14-11-2-1-3-12(15)10(11)8-18-13(17)9-4-6-16-7-5-9/h1-3,9,16H,4-8H2. The minimum Gasteiger partial charge on any atom is -0.460 e. The van der Waals surface area contributed by atoms with Crippen molar-refractivity contribution >= 4 is 17.6 Å². The molecule has 0 spiro atoms. The third kappa shape index (κ3) is 3.21. The number of hydrogen-bond donors (Lipinski definition) is 1. The van der Waals surface area contributed by atoms with E-state index in [-0.39, 0.29) is 29.1 Å². The number of carbonyl (C=O) groups is 1. The molecule has 0 saturated carbocycles. The van der Waals surface area contributed by atoms with Crippen LogP contribution in [0.5, 0.6) is 0 Å². The van der Waals surface area contributed by atoms with Crippen molar-refractivity contribution in [2.24, 2.45) is 5.92 Å². The lowest BCUT2D eigenvalue weighted by molar-refractivity contribution is -0.150. The zero-order valence-corrected chi connectivity index (χ0v) is 10.7. The lowest BCUT2D eigenvalue weighted by atomic mass is 9.98. The summed E-state index contributed by atoms with van der Waals surface area (Å²) in [6.07, 6.45) is 1.54. The second kappa shape index (κ2) is 6.16. The number of benzene rings is 1. The highest BCUT2D eigenvalue weighted by Crippen LogP contribution is 2.21. The minimum absolute atomic E-state index is 0.0863. The Kier molecular flexibility index (Phi) is 4.55. The summed E-state index contributed by atoms with van der Waals surface area (Å²) in [4.78, 5) is 11.8. The van der Waals surface area contributed by atoms with Gasteiger partial charge in [-0.05, 0) is 38.1 Å². The summed E-state index contributed by atoms with van der Waals surface area (Å²) in [5, 5.41) is 3.46. The summed E-state index contributed by atoms with van der Waals surface area (Å²) in [7, 11) is 0. The van der Waals surface area contributed by atoms with Crippen LogP contribution in [0.1, 0.15) is 18.4 Å². The number of rotatable bonds is 3. The molecule has 1 saturated heterocycles. The summed E-state index contributed by atoms with van der Waals surface area (Å²) < 4.78 is 18.6. The molecule has 0 aromatic heterocycles. The molecule has 0 unspecified atom stereocenters. The first-order chi connectivity index (χ1) is 8.68. The average molecular weight is 272 g/mol. The predicted molar refractivity (Wildman–Crippen MR) is 66.8 cm³/mol. The summed E-state index contributed by atoms with van der Waals surface area (Å²) in [5.41, 5.74) is 0.237. The SMILES string of the molecule is O=C(OCc1c(F)cccc1Cl)C1CCNCC1. The highest BCUT2D eigenvalue weighted by Gasteiger charge is 2.22. The van der Waals surface area contributed by atoms with Crippen LogP contribution < -0.4 is 5.32 Å². The van der Waals surface area contributed by atoms with Crippen LogP contribution in [0.25, 0.3) is 0 Å². The lowest BCUT2D eigenvalue weighted by Crippen LogP contribution is -2.32. The molecule has 5 heteroatoms. The zero-order chi connectivity index (χ0) is 13.0. The maximum atomic E-state index is 13.5. The topological polar surface area (TPSA) is 38.3 Å². The van der Waals surface area contributed by atoms with Gasteiger partial charge in [-0.15, -0.1) is 0 Å². The summed E-state index contributed by atoms with van der Waals surface area (Å²) in [5.74, 6) is -0.798. The Morgan fingerprint density at radius 3 is 2.83 bits per heavy atom. The van der Waals surface area contributed by atoms with Gasteiger partial charge in [0.1, 0.15) is 12.4 Å². The number of halogens is 2. The minimum atomic E-state index is -0.444. The van der Waals surface area contributed by atoms with Crippen molar-refractivity contribution < 1.29 is 13.9 Å². The normalized spacial score (nSPS) is 16.6. The molecule has 0 amide bonds. The average Bonchev–Trinajstić information content (AvgIpc) is 2.39. The van der Waals surface area contributed by atoms with Crippen molar-refractivity contribution in [3.8, 4) is 0 Å². The van der Waals surface area contributed by atoms with Crippen molar-refractivity contribution in [2.75, 3.05) is 13.1 Å². The third-order valence-electron chi connectivity index (χ3n) is 3.09. The maximum absolute atomic E-state index is 13.5. The Balaban J connectivity index is 1.92. The van der Waals surface area contributed by atoms with Gasteiger partial charge in [0.2, 0.25) is 0 Å². The number of hydrogen-bond acceptors (Lipinski definition) is 3. The molecule has 1 aliphatic heterocycles. The number of carbonyl (C=O) groups excluding carboxylic acids is 1. The monoisotopic (exact) mass is 271 g/mol. The molecule has 0 aliphatic carbocycles. The molecule has 1 heterocycles. The molecular formula is C13H15ClFNO2. The van der Waals surface area contributed by atoms with E-state index in [1.165, 1.54) is 12.1 Å². The Labute approximate surface area is 110 Å². The van der Waals surface area contributed by atoms with Gasteiger partial charge in [-0.25, -0.2) is 4.39 Å². The fourth-order valence-corrected chi connectivity index (χ4v) is 2.21. The fourth-order valence-electron chi connectivity index (χ4n) is 1.99. The van der Waals surface area contributed by atoms with Gasteiger partial charge in [0.25, 0.3) is 0 Å². The van der Waals surface area contributed by atoms with Gasteiger partial charge in [-0.2, -0.15) is 0 Å². The summed E-state index contributed by atoms with van der Waals surface area (Å²) in [6, 6.07) is 4.41. The molecule has 98 valence electrons. The molecule has 1 N–H and O–H groups in total. The molecule has 1 aliphatic rings. The van der Waals surface area contributed by atoms with E-state index in [1.807, 2.05) is 0 Å². The van der Waals surface area contributed by atoms with E-state index in [0.717, 1.165) is 25.9 Å². The summed E-state index contributed by atoms with van der Waals surface area (Å²) >= 11 is 5.86. The van der Waals surface area contributed by atoms with Crippen LogP contribution in [0.2, 0.25) is 5.02 Å². The molecule has 0 atom stereocenters. The Morgan fingerprint density at radius 1 is 1.44 bits per heavy atom. The molecule has 0 bridgehead atoms. The molecule has 1 fully saturated rings. The lowest BCUT2D eigenvalue weighted by Gasteiger charge is -2.21. The summed E-state index contributed by atoms with van der Waals surface area (Å²) in [6.45, 7) is 1.54. The molecule has 1 aromatic carbocycles. The second-order valence-electron chi connectivity index (χ2n) is 4.33. The smallest absolute Gasteiger partial charge is 0.309 e. The number of ether oxygens (including phenoxy) is 1. The van der Waals surface area contributed by atoms with Gasteiger partial charge in [-0.3, -0.25) is 4.79 Å². The molecule has 1 aromatic rings. The van der Waals surface area contributed by atoms with E-state index in [9.17, 15) is 9.18 Å². The Hall–Kier alpha value is -1.13. The van der Waals surface area contributed by atoms with Gasteiger partial charge in [0.15, 0.2) is 0 Å². The van der Waals surface area contributed by atoms with Crippen LogP contribution >= 0.6 is 11.6 Å². The van der Waals surface area contributed by atoms with Gasteiger partial charge >= 0.3 is 5.97 Å². The van der Waals surface area contributed by atoms with Gasteiger partial charge < -0.3 is 10.1 Å². The molecule has 2 rings (SSSR count). The highest BCUT2D eigenvalue weighted by atomic mass is 35.5. The van der Waals surface area contributed by atoms with Gasteiger partial charge in [0.05, 0.1) is 10.9 Å². The van der Waals surface area contributed by atoms with Crippen LogP contribution in [-0.4, -0.2) is 19.1 Å². The van der Waals surface area contributed by atoms with E-state index in [4.69, 9.17) is 16.3 Å². The molecular weight excluding hydrogens is 257 g/mol. The highest BCUT2D eigenvalue weighted by molar-refractivity contribution is 6.31. The van der Waals surface area contributed by atoms with E-state index in [1.54, 1.807) is 6.07 Å². The van der Waals surface area contributed by atoms with Crippen LogP contribution in [-0.2, 0) is 16.1 Å². The van der Waals surface area contributed by atoms with Crippen molar-refractivity contribution in [3.05, 3.63) is 34.6 Å². The molecule has 0 radical (unpaired) electrons. The molecule has 3 nitrogen and oxygen atoms in total. The van der Waals surface area contributed by atoms with Crippen molar-refractivity contribution in [1.29, 1.82) is 0 Å². The van der Waals surface area contributed by atoms with Crippen LogP contribution in [0.3, 0.4) is 0 Å². The predicted octanol–water partition coefficient (Wildman–Crippen LogP) is 2.52. The number of piperidine rings is 1. The van der Waals surface area contributed by atoms with Crippen LogP contribution in [0.15, 0.2) is 18.2 Å². The third-order valence-corrected chi connectivity index (χ3v) is 3.45. The van der Waals surface area contributed by atoms with E-state index >= 15 is 0 Å². The van der Waals surface area contributed by atoms with Gasteiger partial charge in [-0.1, -0.05) is 17.7 Å². The number of nitrogens with one attached hydrogen (secondary N) is 1. The second-order valence-corrected chi connectivity index (χ2v) is 4.74. The van der Waals surface area contributed by atoms with Gasteiger partial charge in [0, 0.05) is 5.56 Å². The Morgan fingerprint density at radius 2 is 2.17 bits per heavy atom. The quantitative estimate of drug-likeness (QED) is 0.859. The first-order valence-corrected chi connectivity index (χ1v) is 6.36. The first-order valence-electron chi connectivity index (χ1n) is 5.98. The van der Waals surface area contributed by atoms with Crippen molar-refractivity contribution in [1.82, 2.24) is 5.32 Å². The maximum Gasteiger partial charge on any atom is 0.309 e. The van der Waals surface area contributed by atoms with Crippen LogP contribution in [0, 0.1) is 11.7 Å². The number of esters is 1. The molecule has 18 heavy (non-hydrogen) atoms. The first kappa shape index (κ1) is 13.3. The van der Waals surface area contributed by atoms with Crippen molar-refractivity contribution in [3.63, 3.8) is 0 Å². The van der Waals surface area contributed by atoms with E-state index in [2.05, 4.69) is 5.32 Å². The fraction of sp³-hybridized carbons (Fsp3) is 0.462. The zero-order valence-electron chi connectivity index (χ0n) is 9.92.